The standard InChI is InChI=1S/C12H24N2/c1-14(11-7-8-11)12-6-4-2-3-5-10(12)9-13/h10-12H,2-9,13H2,1H3. The van der Waals surface area contributed by atoms with Gasteiger partial charge in [-0.3, -0.25) is 0 Å². The van der Waals surface area contributed by atoms with Gasteiger partial charge in [0.05, 0.1) is 0 Å². The van der Waals surface area contributed by atoms with Crippen LogP contribution in [0.5, 0.6) is 0 Å². The molecule has 0 aromatic rings. The van der Waals surface area contributed by atoms with Crippen molar-refractivity contribution in [3.63, 3.8) is 0 Å². The molecular formula is C12H24N2. The van der Waals surface area contributed by atoms with Crippen LogP contribution in [0.3, 0.4) is 0 Å². The number of hydrogen-bond acceptors (Lipinski definition) is 2. The third-order valence-corrected chi connectivity index (χ3v) is 4.07. The molecular weight excluding hydrogens is 172 g/mol. The minimum Gasteiger partial charge on any atom is -0.330 e. The summed E-state index contributed by atoms with van der Waals surface area (Å²) in [5.74, 6) is 0.767. The summed E-state index contributed by atoms with van der Waals surface area (Å²) in [5, 5.41) is 0. The van der Waals surface area contributed by atoms with Crippen molar-refractivity contribution in [2.75, 3.05) is 13.6 Å². The highest BCUT2D eigenvalue weighted by molar-refractivity contribution is 4.90. The van der Waals surface area contributed by atoms with Gasteiger partial charge in [0.15, 0.2) is 0 Å². The van der Waals surface area contributed by atoms with Crippen LogP contribution in [0.1, 0.15) is 44.9 Å². The Hall–Kier alpha value is -0.0800. The first-order valence-corrected chi connectivity index (χ1v) is 6.25. The Morgan fingerprint density at radius 1 is 1.07 bits per heavy atom. The minimum atomic E-state index is 0.767. The highest BCUT2D eigenvalue weighted by atomic mass is 15.2. The van der Waals surface area contributed by atoms with Gasteiger partial charge in [0, 0.05) is 12.1 Å². The molecule has 2 atom stereocenters. The Labute approximate surface area is 87.8 Å². The van der Waals surface area contributed by atoms with Crippen LogP contribution in [0, 0.1) is 5.92 Å². The van der Waals surface area contributed by atoms with E-state index in [0.717, 1.165) is 24.5 Å². The van der Waals surface area contributed by atoms with E-state index in [9.17, 15) is 0 Å². The molecule has 2 N–H and O–H groups in total. The number of rotatable bonds is 3. The summed E-state index contributed by atoms with van der Waals surface area (Å²) >= 11 is 0. The molecule has 0 aliphatic heterocycles. The Morgan fingerprint density at radius 2 is 1.79 bits per heavy atom. The lowest BCUT2D eigenvalue weighted by molar-refractivity contribution is 0.160. The quantitative estimate of drug-likeness (QED) is 0.699. The molecule has 0 radical (unpaired) electrons. The van der Waals surface area contributed by atoms with Crippen LogP contribution < -0.4 is 5.73 Å². The predicted molar refractivity (Wildman–Crippen MR) is 60.2 cm³/mol. The van der Waals surface area contributed by atoms with E-state index in [1.165, 1.54) is 44.9 Å². The highest BCUT2D eigenvalue weighted by Gasteiger charge is 2.34. The molecule has 2 heteroatoms. The largest absolute Gasteiger partial charge is 0.330 e. The molecule has 0 amide bonds. The average molecular weight is 196 g/mol. The molecule has 14 heavy (non-hydrogen) atoms. The van der Waals surface area contributed by atoms with Crippen molar-refractivity contribution in [2.45, 2.75) is 57.0 Å². The lowest BCUT2D eigenvalue weighted by Crippen LogP contribution is -2.41. The summed E-state index contributed by atoms with van der Waals surface area (Å²) in [6, 6.07) is 1.68. The summed E-state index contributed by atoms with van der Waals surface area (Å²) < 4.78 is 0. The van der Waals surface area contributed by atoms with Crippen molar-refractivity contribution in [3.05, 3.63) is 0 Å². The van der Waals surface area contributed by atoms with Gasteiger partial charge in [-0.25, -0.2) is 0 Å². The Kier molecular flexibility index (Phi) is 3.45. The minimum absolute atomic E-state index is 0.767. The molecule has 0 spiro atoms. The second kappa shape index (κ2) is 4.63. The molecule has 2 saturated carbocycles. The van der Waals surface area contributed by atoms with E-state index in [0.29, 0.717) is 0 Å². The molecule has 2 rings (SSSR count). The van der Waals surface area contributed by atoms with E-state index in [2.05, 4.69) is 11.9 Å². The van der Waals surface area contributed by atoms with Crippen molar-refractivity contribution >= 4 is 0 Å². The van der Waals surface area contributed by atoms with Crippen LogP contribution in [-0.2, 0) is 0 Å². The first-order valence-electron chi connectivity index (χ1n) is 6.25. The summed E-state index contributed by atoms with van der Waals surface area (Å²) in [5.41, 5.74) is 5.89. The maximum Gasteiger partial charge on any atom is 0.0135 e. The highest BCUT2D eigenvalue weighted by Crippen LogP contribution is 2.33. The van der Waals surface area contributed by atoms with Crippen LogP contribution >= 0.6 is 0 Å². The predicted octanol–water partition coefficient (Wildman–Crippen LogP) is 1.99. The molecule has 2 nitrogen and oxygen atoms in total. The van der Waals surface area contributed by atoms with Gasteiger partial charge < -0.3 is 10.6 Å². The van der Waals surface area contributed by atoms with Crippen molar-refractivity contribution in [2.24, 2.45) is 11.7 Å². The lowest BCUT2D eigenvalue weighted by atomic mass is 9.93. The van der Waals surface area contributed by atoms with Gasteiger partial charge in [0.25, 0.3) is 0 Å². The molecule has 0 aromatic carbocycles. The normalized spacial score (nSPS) is 34.5. The monoisotopic (exact) mass is 196 g/mol. The molecule has 0 saturated heterocycles. The number of nitrogens with zero attached hydrogens (tertiary/aromatic N) is 1. The first kappa shape index (κ1) is 10.4. The van der Waals surface area contributed by atoms with E-state index in [1.54, 1.807) is 0 Å². The van der Waals surface area contributed by atoms with Crippen LogP contribution in [0.4, 0.5) is 0 Å². The van der Waals surface area contributed by atoms with E-state index in [4.69, 9.17) is 5.73 Å². The molecule has 82 valence electrons. The second-order valence-corrected chi connectivity index (χ2v) is 5.10. The fourth-order valence-electron chi connectivity index (χ4n) is 2.93. The van der Waals surface area contributed by atoms with Crippen molar-refractivity contribution in [1.29, 1.82) is 0 Å². The third-order valence-electron chi connectivity index (χ3n) is 4.07. The zero-order valence-electron chi connectivity index (χ0n) is 9.41. The van der Waals surface area contributed by atoms with E-state index in [1.807, 2.05) is 0 Å². The maximum absolute atomic E-state index is 5.89. The van der Waals surface area contributed by atoms with Crippen LogP contribution in [-0.4, -0.2) is 30.6 Å². The number of hydrogen-bond donors (Lipinski definition) is 1. The van der Waals surface area contributed by atoms with Crippen molar-refractivity contribution in [1.82, 2.24) is 4.90 Å². The fourth-order valence-corrected chi connectivity index (χ4v) is 2.93. The van der Waals surface area contributed by atoms with E-state index < -0.39 is 0 Å². The SMILES string of the molecule is CN(C1CC1)C1CCCCCC1CN. The summed E-state index contributed by atoms with van der Waals surface area (Å²) in [6.07, 6.45) is 9.82. The zero-order valence-corrected chi connectivity index (χ0v) is 9.41. The van der Waals surface area contributed by atoms with Crippen LogP contribution in [0.2, 0.25) is 0 Å². The Bertz CT molecular complexity index is 177. The number of nitrogens with two attached hydrogens (primary N) is 1. The molecule has 0 aromatic heterocycles. The van der Waals surface area contributed by atoms with Crippen LogP contribution in [0.25, 0.3) is 0 Å². The first-order chi connectivity index (χ1) is 6.83. The third kappa shape index (κ3) is 2.29. The maximum atomic E-state index is 5.89. The van der Waals surface area contributed by atoms with E-state index in [-0.39, 0.29) is 0 Å². The van der Waals surface area contributed by atoms with Gasteiger partial charge in [-0.15, -0.1) is 0 Å². The second-order valence-electron chi connectivity index (χ2n) is 5.10. The summed E-state index contributed by atoms with van der Waals surface area (Å²) in [6.45, 7) is 0.891. The smallest absolute Gasteiger partial charge is 0.0135 e. The fraction of sp³-hybridized carbons (Fsp3) is 1.00. The van der Waals surface area contributed by atoms with Gasteiger partial charge in [0.1, 0.15) is 0 Å². The Morgan fingerprint density at radius 3 is 2.43 bits per heavy atom. The van der Waals surface area contributed by atoms with Crippen LogP contribution in [0.15, 0.2) is 0 Å². The molecule has 2 unspecified atom stereocenters. The Balaban J connectivity index is 1.95. The average Bonchev–Trinajstić information content (AvgIpc) is 3.03. The zero-order chi connectivity index (χ0) is 9.97. The molecule has 0 heterocycles. The topological polar surface area (TPSA) is 29.3 Å². The summed E-state index contributed by atoms with van der Waals surface area (Å²) in [4.78, 5) is 2.63. The van der Waals surface area contributed by atoms with Gasteiger partial charge in [-0.1, -0.05) is 19.3 Å². The van der Waals surface area contributed by atoms with Gasteiger partial charge in [-0.2, -0.15) is 0 Å². The van der Waals surface area contributed by atoms with Gasteiger partial charge in [-0.05, 0) is 45.2 Å². The van der Waals surface area contributed by atoms with Gasteiger partial charge >= 0.3 is 0 Å². The molecule has 2 aliphatic rings. The molecule has 2 fully saturated rings. The molecule has 0 bridgehead atoms. The van der Waals surface area contributed by atoms with Crippen molar-refractivity contribution in [3.8, 4) is 0 Å². The van der Waals surface area contributed by atoms with E-state index >= 15 is 0 Å². The van der Waals surface area contributed by atoms with Gasteiger partial charge in [0.2, 0.25) is 0 Å². The van der Waals surface area contributed by atoms with Crippen molar-refractivity contribution < 1.29 is 0 Å². The lowest BCUT2D eigenvalue weighted by Gasteiger charge is -2.33. The molecule has 2 aliphatic carbocycles. The summed E-state index contributed by atoms with van der Waals surface area (Å²) in [7, 11) is 2.32.